The maximum atomic E-state index is 13.0. The molecule has 3 heteroatoms. The molecule has 0 heterocycles. The molecule has 0 aromatic heterocycles. The molecule has 0 amide bonds. The summed E-state index contributed by atoms with van der Waals surface area (Å²) in [4.78, 5) is 0. The minimum Gasteiger partial charge on any atom is -0.380 e. The second-order valence-electron chi connectivity index (χ2n) is 4.01. The van der Waals surface area contributed by atoms with Crippen molar-refractivity contribution in [2.75, 3.05) is 13.2 Å². The van der Waals surface area contributed by atoms with Crippen molar-refractivity contribution in [1.82, 2.24) is 5.32 Å². The third-order valence-electron chi connectivity index (χ3n) is 2.52. The van der Waals surface area contributed by atoms with Gasteiger partial charge in [0.15, 0.2) is 0 Å². The zero-order chi connectivity index (χ0) is 12.0. The molecule has 0 bridgehead atoms. The van der Waals surface area contributed by atoms with Gasteiger partial charge in [0.05, 0.1) is 6.61 Å². The highest BCUT2D eigenvalue weighted by Gasteiger charge is 2.04. The predicted octanol–water partition coefficient (Wildman–Crippen LogP) is 2.65. The molecule has 16 heavy (non-hydrogen) atoms. The number of ether oxygens (including phenoxy) is 1. The van der Waals surface area contributed by atoms with E-state index in [2.05, 4.69) is 12.2 Å². The summed E-state index contributed by atoms with van der Waals surface area (Å²) in [5.41, 5.74) is 2.11. The Bertz CT molecular complexity index is 328. The van der Waals surface area contributed by atoms with Gasteiger partial charge >= 0.3 is 0 Å². The van der Waals surface area contributed by atoms with E-state index in [9.17, 15) is 4.39 Å². The van der Waals surface area contributed by atoms with E-state index in [1.807, 2.05) is 13.8 Å². The van der Waals surface area contributed by atoms with E-state index in [4.69, 9.17) is 4.74 Å². The molecule has 0 saturated heterocycles. The summed E-state index contributed by atoms with van der Waals surface area (Å²) < 4.78 is 18.3. The van der Waals surface area contributed by atoms with Crippen molar-refractivity contribution in [3.63, 3.8) is 0 Å². The first kappa shape index (κ1) is 13.1. The van der Waals surface area contributed by atoms with Crippen LogP contribution in [0, 0.1) is 12.7 Å². The first-order valence-electron chi connectivity index (χ1n) is 5.69. The molecular formula is C13H20FNO. The average Bonchev–Trinajstić information content (AvgIpc) is 2.27. The number of hydrogen-bond donors (Lipinski definition) is 1. The summed E-state index contributed by atoms with van der Waals surface area (Å²) in [6.07, 6.45) is 0. The van der Waals surface area contributed by atoms with Crippen LogP contribution in [0.2, 0.25) is 0 Å². The number of rotatable bonds is 6. The van der Waals surface area contributed by atoms with Crippen LogP contribution in [-0.2, 0) is 11.3 Å². The minimum absolute atomic E-state index is 0.181. The summed E-state index contributed by atoms with van der Waals surface area (Å²) in [6, 6.07) is 5.15. The van der Waals surface area contributed by atoms with Crippen LogP contribution >= 0.6 is 0 Å². The Morgan fingerprint density at radius 3 is 2.88 bits per heavy atom. The van der Waals surface area contributed by atoms with Crippen molar-refractivity contribution in [3.8, 4) is 0 Å². The topological polar surface area (TPSA) is 21.3 Å². The van der Waals surface area contributed by atoms with Gasteiger partial charge in [0.25, 0.3) is 0 Å². The van der Waals surface area contributed by atoms with Gasteiger partial charge in [0.2, 0.25) is 0 Å². The third kappa shape index (κ3) is 4.29. The summed E-state index contributed by atoms with van der Waals surface area (Å²) in [5.74, 6) is -0.181. The summed E-state index contributed by atoms with van der Waals surface area (Å²) >= 11 is 0. The molecule has 1 N–H and O–H groups in total. The van der Waals surface area contributed by atoms with Gasteiger partial charge in [0, 0.05) is 19.2 Å². The number of benzene rings is 1. The van der Waals surface area contributed by atoms with E-state index in [0.29, 0.717) is 13.2 Å². The van der Waals surface area contributed by atoms with Crippen molar-refractivity contribution in [2.24, 2.45) is 0 Å². The molecule has 1 atom stereocenters. The molecule has 0 radical (unpaired) electrons. The van der Waals surface area contributed by atoms with Crippen molar-refractivity contribution >= 4 is 0 Å². The SMILES string of the molecule is CCOCC(C)NCc1cc(F)ccc1C. The van der Waals surface area contributed by atoms with Crippen molar-refractivity contribution < 1.29 is 9.13 Å². The smallest absolute Gasteiger partial charge is 0.123 e. The first-order valence-corrected chi connectivity index (χ1v) is 5.69. The molecule has 2 nitrogen and oxygen atoms in total. The van der Waals surface area contributed by atoms with Crippen LogP contribution in [0.15, 0.2) is 18.2 Å². The summed E-state index contributed by atoms with van der Waals surface area (Å²) in [5, 5.41) is 3.31. The Labute approximate surface area is 96.8 Å². The minimum atomic E-state index is -0.181. The highest BCUT2D eigenvalue weighted by Crippen LogP contribution is 2.10. The molecule has 90 valence electrons. The van der Waals surface area contributed by atoms with Gasteiger partial charge in [-0.25, -0.2) is 4.39 Å². The summed E-state index contributed by atoms with van der Waals surface area (Å²) in [7, 11) is 0. The summed E-state index contributed by atoms with van der Waals surface area (Å²) in [6.45, 7) is 8.12. The Kier molecular flexibility index (Phi) is 5.43. The Morgan fingerprint density at radius 2 is 2.19 bits per heavy atom. The average molecular weight is 225 g/mol. The van der Waals surface area contributed by atoms with E-state index >= 15 is 0 Å². The van der Waals surface area contributed by atoms with Gasteiger partial charge in [-0.1, -0.05) is 6.07 Å². The molecule has 1 unspecified atom stereocenters. The molecule has 0 spiro atoms. The molecule has 1 aromatic carbocycles. The maximum absolute atomic E-state index is 13.0. The fourth-order valence-electron chi connectivity index (χ4n) is 1.47. The normalized spacial score (nSPS) is 12.8. The van der Waals surface area contributed by atoms with Gasteiger partial charge in [-0.05, 0) is 44.0 Å². The van der Waals surface area contributed by atoms with Crippen LogP contribution in [0.5, 0.6) is 0 Å². The molecular weight excluding hydrogens is 205 g/mol. The van der Waals surface area contributed by atoms with E-state index < -0.39 is 0 Å². The fraction of sp³-hybridized carbons (Fsp3) is 0.538. The third-order valence-corrected chi connectivity index (χ3v) is 2.52. The van der Waals surface area contributed by atoms with Gasteiger partial charge in [-0.15, -0.1) is 0 Å². The maximum Gasteiger partial charge on any atom is 0.123 e. The highest BCUT2D eigenvalue weighted by atomic mass is 19.1. The monoisotopic (exact) mass is 225 g/mol. The molecule has 0 aliphatic carbocycles. The molecule has 1 aromatic rings. The van der Waals surface area contributed by atoms with Gasteiger partial charge < -0.3 is 10.1 Å². The quantitative estimate of drug-likeness (QED) is 0.803. The molecule has 0 fully saturated rings. The predicted molar refractivity (Wildman–Crippen MR) is 63.9 cm³/mol. The standard InChI is InChI=1S/C13H20FNO/c1-4-16-9-11(3)15-8-12-7-13(14)6-5-10(12)2/h5-7,11,15H,4,8-9H2,1-3H3. The number of nitrogens with one attached hydrogen (secondary N) is 1. The Balaban J connectivity index is 2.44. The van der Waals surface area contributed by atoms with Crippen molar-refractivity contribution in [1.29, 1.82) is 0 Å². The van der Waals surface area contributed by atoms with Crippen molar-refractivity contribution in [2.45, 2.75) is 33.4 Å². The number of aryl methyl sites for hydroxylation is 1. The lowest BCUT2D eigenvalue weighted by molar-refractivity contribution is 0.127. The first-order chi connectivity index (χ1) is 7.63. The van der Waals surface area contributed by atoms with Gasteiger partial charge in [0.1, 0.15) is 5.82 Å². The lowest BCUT2D eigenvalue weighted by Crippen LogP contribution is -2.30. The number of hydrogen-bond acceptors (Lipinski definition) is 2. The van der Waals surface area contributed by atoms with Crippen LogP contribution in [0.25, 0.3) is 0 Å². The van der Waals surface area contributed by atoms with E-state index in [1.165, 1.54) is 6.07 Å². The van der Waals surface area contributed by atoms with Crippen molar-refractivity contribution in [3.05, 3.63) is 35.1 Å². The largest absolute Gasteiger partial charge is 0.380 e. The highest BCUT2D eigenvalue weighted by molar-refractivity contribution is 5.26. The van der Waals surface area contributed by atoms with Crippen LogP contribution in [0.4, 0.5) is 4.39 Å². The zero-order valence-electron chi connectivity index (χ0n) is 10.2. The Hall–Kier alpha value is -0.930. The van der Waals surface area contributed by atoms with Crippen LogP contribution in [0.1, 0.15) is 25.0 Å². The van der Waals surface area contributed by atoms with E-state index in [-0.39, 0.29) is 11.9 Å². The molecule has 0 saturated carbocycles. The molecule has 0 aliphatic heterocycles. The van der Waals surface area contributed by atoms with Gasteiger partial charge in [-0.2, -0.15) is 0 Å². The van der Waals surface area contributed by atoms with Crippen LogP contribution in [0.3, 0.4) is 0 Å². The second-order valence-corrected chi connectivity index (χ2v) is 4.01. The lowest BCUT2D eigenvalue weighted by atomic mass is 10.1. The zero-order valence-corrected chi connectivity index (χ0v) is 10.2. The lowest BCUT2D eigenvalue weighted by Gasteiger charge is -2.14. The van der Waals surface area contributed by atoms with E-state index in [0.717, 1.165) is 17.7 Å². The number of halogens is 1. The van der Waals surface area contributed by atoms with Gasteiger partial charge in [-0.3, -0.25) is 0 Å². The fourth-order valence-corrected chi connectivity index (χ4v) is 1.47. The van der Waals surface area contributed by atoms with Crippen LogP contribution < -0.4 is 5.32 Å². The molecule has 0 aliphatic rings. The van der Waals surface area contributed by atoms with E-state index in [1.54, 1.807) is 12.1 Å². The van der Waals surface area contributed by atoms with Crippen LogP contribution in [-0.4, -0.2) is 19.3 Å². The molecule has 1 rings (SSSR count). The Morgan fingerprint density at radius 1 is 1.44 bits per heavy atom. The second kappa shape index (κ2) is 6.61.